The van der Waals surface area contributed by atoms with Gasteiger partial charge in [0.15, 0.2) is 0 Å². The molecule has 1 atom stereocenters. The van der Waals surface area contributed by atoms with E-state index in [1.807, 2.05) is 25.1 Å². The molecular weight excluding hydrogens is 400 g/mol. The fourth-order valence-electron chi connectivity index (χ4n) is 3.37. The van der Waals surface area contributed by atoms with E-state index in [9.17, 15) is 15.3 Å². The van der Waals surface area contributed by atoms with E-state index < -0.39 is 4.92 Å². The number of thioether (sulfide) groups is 1. The van der Waals surface area contributed by atoms with Crippen LogP contribution in [-0.2, 0) is 6.42 Å². The smallest absolute Gasteiger partial charge is 0.337 e. The lowest BCUT2D eigenvalue weighted by Crippen LogP contribution is -2.36. The van der Waals surface area contributed by atoms with Gasteiger partial charge in [0.1, 0.15) is 11.8 Å². The van der Waals surface area contributed by atoms with Crippen LogP contribution in [0.2, 0.25) is 5.02 Å². The van der Waals surface area contributed by atoms with Gasteiger partial charge in [-0.1, -0.05) is 22.8 Å². The van der Waals surface area contributed by atoms with Crippen molar-refractivity contribution in [3.05, 3.63) is 79.5 Å². The van der Waals surface area contributed by atoms with Gasteiger partial charge in [0.25, 0.3) is 5.69 Å². The summed E-state index contributed by atoms with van der Waals surface area (Å²) in [7, 11) is 0. The maximum atomic E-state index is 12.3. The number of rotatable bonds is 2. The number of halogens is 1. The molecular formula is C19H17ClN4O3S. The molecule has 0 aliphatic carbocycles. The van der Waals surface area contributed by atoms with Crippen LogP contribution < -0.4 is 0 Å². The van der Waals surface area contributed by atoms with E-state index in [1.165, 1.54) is 23.9 Å². The maximum absolute atomic E-state index is 12.3. The first-order chi connectivity index (χ1) is 13.4. The summed E-state index contributed by atoms with van der Waals surface area (Å²) in [4.78, 5) is 10.6. The van der Waals surface area contributed by atoms with Gasteiger partial charge in [-0.2, -0.15) is 0 Å². The number of fused-ring (bicyclic) bond motifs is 1. The van der Waals surface area contributed by atoms with Crippen molar-refractivity contribution < 1.29 is 9.66 Å². The monoisotopic (exact) mass is 416 g/mol. The maximum Gasteiger partial charge on any atom is 0.337 e. The van der Waals surface area contributed by atoms with Crippen LogP contribution in [0.1, 0.15) is 23.6 Å². The van der Waals surface area contributed by atoms with Gasteiger partial charge in [0.2, 0.25) is 0 Å². The van der Waals surface area contributed by atoms with Crippen LogP contribution in [0.5, 0.6) is 0 Å². The van der Waals surface area contributed by atoms with E-state index in [0.717, 1.165) is 27.2 Å². The number of benzene rings is 2. The lowest BCUT2D eigenvalue weighted by Gasteiger charge is -2.19. The van der Waals surface area contributed by atoms with Crippen LogP contribution in [0.3, 0.4) is 0 Å². The lowest BCUT2D eigenvalue weighted by atomic mass is 9.95. The zero-order valence-corrected chi connectivity index (χ0v) is 16.6. The van der Waals surface area contributed by atoms with Crippen molar-refractivity contribution in [1.29, 1.82) is 0 Å². The molecule has 0 fully saturated rings. The molecule has 0 N–H and O–H groups in total. The second-order valence-corrected chi connectivity index (χ2v) is 8.18. The molecule has 2 aliphatic rings. The van der Waals surface area contributed by atoms with Crippen LogP contribution in [0.25, 0.3) is 0 Å². The Kier molecular flexibility index (Phi) is 4.99. The number of non-ortho nitro benzene ring substituents is 1. The fraction of sp³-hybridized carbons (Fsp3) is 0.263. The van der Waals surface area contributed by atoms with E-state index in [2.05, 4.69) is 0 Å². The predicted molar refractivity (Wildman–Crippen MR) is 111 cm³/mol. The Bertz CT molecular complexity index is 1010. The summed E-state index contributed by atoms with van der Waals surface area (Å²) in [5.41, 5.74) is 3.33. The minimum atomic E-state index is -0.432. The number of hydrogen-bond acceptors (Lipinski definition) is 6. The van der Waals surface area contributed by atoms with Crippen LogP contribution in [-0.4, -0.2) is 43.9 Å². The quantitative estimate of drug-likeness (QED) is 0.321. The first-order valence-corrected chi connectivity index (χ1v) is 10.2. The van der Waals surface area contributed by atoms with Gasteiger partial charge in [0.05, 0.1) is 11.5 Å². The average Bonchev–Trinajstić information content (AvgIpc) is 3.04. The molecule has 0 amide bonds. The van der Waals surface area contributed by atoms with Crippen molar-refractivity contribution in [2.45, 2.75) is 19.4 Å². The van der Waals surface area contributed by atoms with Gasteiger partial charge in [-0.25, -0.2) is 0 Å². The van der Waals surface area contributed by atoms with Gasteiger partial charge >= 0.3 is 5.17 Å². The summed E-state index contributed by atoms with van der Waals surface area (Å²) in [5, 5.41) is 31.0. The van der Waals surface area contributed by atoms with E-state index >= 15 is 0 Å². The van der Waals surface area contributed by atoms with Crippen molar-refractivity contribution >= 4 is 39.9 Å². The summed E-state index contributed by atoms with van der Waals surface area (Å²) in [5.74, 6) is 0.725. The molecule has 144 valence electrons. The number of nitro benzene ring substituents is 1. The molecule has 9 heteroatoms. The molecule has 0 radical (unpaired) electrons. The predicted octanol–water partition coefficient (Wildman–Crippen LogP) is 3.86. The van der Waals surface area contributed by atoms with Crippen LogP contribution in [0, 0.1) is 15.3 Å². The molecule has 0 bridgehead atoms. The average molecular weight is 417 g/mol. The molecule has 0 saturated heterocycles. The second-order valence-electron chi connectivity index (χ2n) is 6.68. The first-order valence-electron chi connectivity index (χ1n) is 8.80. The van der Waals surface area contributed by atoms with Crippen molar-refractivity contribution in [2.75, 3.05) is 12.3 Å². The van der Waals surface area contributed by atoms with Crippen molar-refractivity contribution in [2.24, 2.45) is 5.10 Å². The molecule has 2 aliphatic heterocycles. The molecule has 2 aromatic carbocycles. The second kappa shape index (κ2) is 7.44. The number of hydrogen-bond donors (Lipinski definition) is 0. The molecule has 4 rings (SSSR count). The number of amidine groups is 1. The molecule has 0 aromatic heterocycles. The topological polar surface area (TPSA) is 84.8 Å². The van der Waals surface area contributed by atoms with Crippen LogP contribution in [0.15, 0.2) is 47.6 Å². The van der Waals surface area contributed by atoms with Crippen molar-refractivity contribution in [3.63, 3.8) is 0 Å². The highest BCUT2D eigenvalue weighted by molar-refractivity contribution is 8.13. The minimum absolute atomic E-state index is 0.0148. The fourth-order valence-corrected chi connectivity index (χ4v) is 4.57. The van der Waals surface area contributed by atoms with E-state index in [0.29, 0.717) is 28.9 Å². The highest BCUT2D eigenvalue weighted by Gasteiger charge is 2.35. The van der Waals surface area contributed by atoms with Gasteiger partial charge in [-0.3, -0.25) is 14.9 Å². The highest BCUT2D eigenvalue weighted by Crippen LogP contribution is 2.29. The zero-order valence-electron chi connectivity index (χ0n) is 15.0. The Morgan fingerprint density at radius 3 is 2.68 bits per heavy atom. The number of nitro groups is 1. The summed E-state index contributed by atoms with van der Waals surface area (Å²) >= 11 is 7.74. The van der Waals surface area contributed by atoms with Gasteiger partial charge < -0.3 is 5.21 Å². The van der Waals surface area contributed by atoms with Crippen LogP contribution >= 0.6 is 23.4 Å². The van der Waals surface area contributed by atoms with Gasteiger partial charge in [-0.15, -0.1) is 5.01 Å². The Morgan fingerprint density at radius 2 is 2.04 bits per heavy atom. The molecule has 1 unspecified atom stereocenters. The largest absolute Gasteiger partial charge is 0.715 e. The van der Waals surface area contributed by atoms with Crippen molar-refractivity contribution in [3.8, 4) is 0 Å². The molecule has 0 spiro atoms. The minimum Gasteiger partial charge on any atom is -0.715 e. The third-order valence-corrected chi connectivity index (χ3v) is 6.02. The van der Waals surface area contributed by atoms with Gasteiger partial charge in [0, 0.05) is 40.5 Å². The number of hydroxylamine groups is 1. The third kappa shape index (κ3) is 3.45. The Morgan fingerprint density at radius 1 is 1.29 bits per heavy atom. The van der Waals surface area contributed by atoms with E-state index in [1.54, 1.807) is 17.1 Å². The standard InChI is InChI=1S/C19H17ClN4O3S/c1-12-10-14-2-5-15(20)11-17(14)18(13-3-6-16(7-4-13)24(26)27)21-23(12)19-22(25)8-9-28-19/h2-7,11-12H,8-10H2,1H3. The summed E-state index contributed by atoms with van der Waals surface area (Å²) in [6, 6.07) is 11.9. The summed E-state index contributed by atoms with van der Waals surface area (Å²) < 4.78 is 0.973. The van der Waals surface area contributed by atoms with E-state index in [-0.39, 0.29) is 11.7 Å². The molecule has 0 saturated carbocycles. The van der Waals surface area contributed by atoms with Crippen molar-refractivity contribution in [1.82, 2.24) is 5.01 Å². The summed E-state index contributed by atoms with van der Waals surface area (Å²) in [6.07, 6.45) is 0.699. The third-order valence-electron chi connectivity index (χ3n) is 4.75. The zero-order chi connectivity index (χ0) is 19.8. The normalized spacial score (nSPS) is 19.3. The molecule has 28 heavy (non-hydrogen) atoms. The Balaban J connectivity index is 1.88. The Hall–Kier alpha value is -2.58. The molecule has 2 aromatic rings. The van der Waals surface area contributed by atoms with Gasteiger partial charge in [-0.05, 0) is 48.5 Å². The lowest BCUT2D eigenvalue weighted by molar-refractivity contribution is -0.451. The van der Waals surface area contributed by atoms with Crippen LogP contribution in [0.4, 0.5) is 5.69 Å². The summed E-state index contributed by atoms with van der Waals surface area (Å²) in [6.45, 7) is 2.46. The highest BCUT2D eigenvalue weighted by atomic mass is 35.5. The Labute approximate surface area is 171 Å². The SMILES string of the molecule is CC1Cc2ccc(Cl)cc2C(c2ccc([N+](=O)[O-])cc2)=NN1C1=[N+]([O-])CCS1. The van der Waals surface area contributed by atoms with E-state index in [4.69, 9.17) is 16.7 Å². The molecule has 7 nitrogen and oxygen atoms in total. The first kappa shape index (κ1) is 18.8. The molecule has 2 heterocycles. The number of nitrogens with zero attached hydrogens (tertiary/aromatic N) is 4. The number of hydrazone groups is 1.